The van der Waals surface area contributed by atoms with Crippen molar-refractivity contribution in [1.29, 1.82) is 0 Å². The minimum Gasteiger partial charge on any atom is -0.445 e. The normalized spacial score (nSPS) is 11.2. The summed E-state index contributed by atoms with van der Waals surface area (Å²) in [5, 5.41) is 0. The van der Waals surface area contributed by atoms with E-state index in [1.54, 1.807) is 24.3 Å². The first-order chi connectivity index (χ1) is 8.80. The molecule has 0 bridgehead atoms. The fraction of sp³-hybridized carbons (Fsp3) is 0.167. The summed E-state index contributed by atoms with van der Waals surface area (Å²) in [6.07, 6.45) is 0. The van der Waals surface area contributed by atoms with Gasteiger partial charge in [0.15, 0.2) is 0 Å². The Balaban J connectivity index is 0.00000200. The van der Waals surface area contributed by atoms with Crippen molar-refractivity contribution in [3.63, 3.8) is 0 Å². The van der Waals surface area contributed by atoms with Gasteiger partial charge in [-0.3, -0.25) is 4.79 Å². The molecule has 0 spiro atoms. The standard InChI is InChI=1S/C12H11BF3N2O.K/c1-8(13(14,15)16)7-18-11-6-4-3-5-10(11)17-9(2)12(18)19;/h3-6H,1,7H2,2H3;/q-1;+1. The Morgan fingerprint density at radius 1 is 1.35 bits per heavy atom. The fourth-order valence-corrected chi connectivity index (χ4v) is 1.78. The van der Waals surface area contributed by atoms with Gasteiger partial charge in [0.25, 0.3) is 5.56 Å². The molecule has 1 heterocycles. The monoisotopic (exact) mass is 306 g/mol. The SMILES string of the molecule is C=C(Cn1c(=O)c(C)nc2ccccc21)[B-](F)(F)F.[K+]. The minimum absolute atomic E-state index is 0. The van der Waals surface area contributed by atoms with Crippen molar-refractivity contribution in [3.8, 4) is 0 Å². The Hall–Kier alpha value is -0.409. The van der Waals surface area contributed by atoms with Crippen molar-refractivity contribution in [2.75, 3.05) is 0 Å². The molecule has 100 valence electrons. The summed E-state index contributed by atoms with van der Waals surface area (Å²) in [6.45, 7) is -1.22. The van der Waals surface area contributed by atoms with Crippen molar-refractivity contribution in [3.05, 3.63) is 52.4 Å². The second-order valence-corrected chi connectivity index (χ2v) is 4.31. The Morgan fingerprint density at radius 3 is 2.55 bits per heavy atom. The van der Waals surface area contributed by atoms with Gasteiger partial charge < -0.3 is 17.5 Å². The Labute approximate surface area is 156 Å². The summed E-state index contributed by atoms with van der Waals surface area (Å²) in [6, 6.07) is 6.59. The summed E-state index contributed by atoms with van der Waals surface area (Å²) in [5.74, 6) is 0. The number of halogens is 3. The third-order valence-corrected chi connectivity index (χ3v) is 2.84. The number of fused-ring (bicyclic) bond motifs is 1. The first-order valence-electron chi connectivity index (χ1n) is 5.64. The van der Waals surface area contributed by atoms with Crippen LogP contribution in [0.5, 0.6) is 0 Å². The van der Waals surface area contributed by atoms with Crippen molar-refractivity contribution in [2.24, 2.45) is 0 Å². The Morgan fingerprint density at radius 2 is 1.95 bits per heavy atom. The number of para-hydroxylation sites is 2. The van der Waals surface area contributed by atoms with E-state index in [1.807, 2.05) is 0 Å². The van der Waals surface area contributed by atoms with Gasteiger partial charge in [0.05, 0.1) is 11.0 Å². The van der Waals surface area contributed by atoms with Gasteiger partial charge >= 0.3 is 58.4 Å². The third kappa shape index (κ3) is 3.62. The Kier molecular flexibility index (Phi) is 5.80. The van der Waals surface area contributed by atoms with Crippen LogP contribution in [-0.2, 0) is 6.54 Å². The van der Waals surface area contributed by atoms with Crippen LogP contribution < -0.4 is 56.9 Å². The maximum Gasteiger partial charge on any atom is 1.00 e. The number of nitrogens with zero attached hydrogens (tertiary/aromatic N) is 2. The molecule has 0 saturated carbocycles. The summed E-state index contributed by atoms with van der Waals surface area (Å²) in [5.41, 5.74) is -0.402. The van der Waals surface area contributed by atoms with Crippen LogP contribution in [0, 0.1) is 6.92 Å². The van der Waals surface area contributed by atoms with E-state index >= 15 is 0 Å². The van der Waals surface area contributed by atoms with E-state index in [0.29, 0.717) is 11.0 Å². The average molecular weight is 306 g/mol. The zero-order valence-corrected chi connectivity index (χ0v) is 14.4. The van der Waals surface area contributed by atoms with Crippen LogP contribution in [0.15, 0.2) is 41.1 Å². The largest absolute Gasteiger partial charge is 1.00 e. The van der Waals surface area contributed by atoms with Crippen LogP contribution in [0.3, 0.4) is 0 Å². The van der Waals surface area contributed by atoms with E-state index in [-0.39, 0.29) is 57.1 Å². The van der Waals surface area contributed by atoms with Gasteiger partial charge in [-0.2, -0.15) is 0 Å². The third-order valence-electron chi connectivity index (χ3n) is 2.84. The van der Waals surface area contributed by atoms with Crippen LogP contribution in [0.1, 0.15) is 5.69 Å². The molecular weight excluding hydrogens is 295 g/mol. The van der Waals surface area contributed by atoms with Crippen molar-refractivity contribution >= 4 is 18.0 Å². The van der Waals surface area contributed by atoms with Gasteiger partial charge in [-0.1, -0.05) is 12.1 Å². The summed E-state index contributed by atoms with van der Waals surface area (Å²) in [7, 11) is 0. The van der Waals surface area contributed by atoms with Crippen LogP contribution in [0.2, 0.25) is 0 Å². The first kappa shape index (κ1) is 17.6. The molecule has 20 heavy (non-hydrogen) atoms. The number of allylic oxidation sites excluding steroid dienone is 1. The van der Waals surface area contributed by atoms with Crippen molar-refractivity contribution < 1.29 is 64.3 Å². The first-order valence-corrected chi connectivity index (χ1v) is 5.64. The Bertz CT molecular complexity index is 712. The number of benzene rings is 1. The molecule has 2 aromatic rings. The number of aryl methyl sites for hydroxylation is 1. The van der Waals surface area contributed by atoms with E-state index in [1.165, 1.54) is 6.92 Å². The molecule has 3 nitrogen and oxygen atoms in total. The molecular formula is C12H11BF3KN2O. The van der Waals surface area contributed by atoms with E-state index in [4.69, 9.17) is 0 Å². The van der Waals surface area contributed by atoms with Gasteiger partial charge in [0.1, 0.15) is 5.69 Å². The van der Waals surface area contributed by atoms with Crippen LogP contribution in [0.4, 0.5) is 12.9 Å². The molecule has 0 aliphatic carbocycles. The fourth-order valence-electron chi connectivity index (χ4n) is 1.78. The number of hydrogen-bond acceptors (Lipinski definition) is 2. The second-order valence-electron chi connectivity index (χ2n) is 4.31. The van der Waals surface area contributed by atoms with Crippen molar-refractivity contribution in [1.82, 2.24) is 9.55 Å². The molecule has 2 rings (SSSR count). The predicted octanol–water partition coefficient (Wildman–Crippen LogP) is -0.348. The molecule has 0 amide bonds. The second kappa shape index (κ2) is 6.57. The maximum atomic E-state index is 12.6. The molecule has 0 unspecified atom stereocenters. The van der Waals surface area contributed by atoms with Gasteiger partial charge in [-0.25, -0.2) is 4.98 Å². The molecule has 0 atom stereocenters. The van der Waals surface area contributed by atoms with E-state index in [2.05, 4.69) is 11.6 Å². The molecule has 0 saturated heterocycles. The van der Waals surface area contributed by atoms with E-state index in [0.717, 1.165) is 4.57 Å². The van der Waals surface area contributed by atoms with E-state index < -0.39 is 24.6 Å². The van der Waals surface area contributed by atoms with Crippen LogP contribution in [-0.4, -0.2) is 16.5 Å². The van der Waals surface area contributed by atoms with Gasteiger partial charge in [-0.15, -0.1) is 12.1 Å². The number of hydrogen-bond donors (Lipinski definition) is 0. The zero-order chi connectivity index (χ0) is 14.2. The quantitative estimate of drug-likeness (QED) is 0.727. The molecule has 0 radical (unpaired) electrons. The van der Waals surface area contributed by atoms with E-state index in [9.17, 15) is 17.7 Å². The van der Waals surface area contributed by atoms with Crippen molar-refractivity contribution in [2.45, 2.75) is 13.5 Å². The van der Waals surface area contributed by atoms with Gasteiger partial charge in [-0.05, 0) is 19.1 Å². The molecule has 0 aliphatic rings. The minimum atomic E-state index is -5.16. The van der Waals surface area contributed by atoms with Gasteiger partial charge in [0.2, 0.25) is 0 Å². The molecule has 1 aromatic heterocycles. The average Bonchev–Trinajstić information content (AvgIpc) is 2.33. The summed E-state index contributed by atoms with van der Waals surface area (Å²) in [4.78, 5) is 16.0. The summed E-state index contributed by atoms with van der Waals surface area (Å²) >= 11 is 0. The van der Waals surface area contributed by atoms with Crippen LogP contribution >= 0.6 is 0 Å². The summed E-state index contributed by atoms with van der Waals surface area (Å²) < 4.78 is 38.9. The van der Waals surface area contributed by atoms with Gasteiger partial charge in [0, 0.05) is 6.54 Å². The predicted molar refractivity (Wildman–Crippen MR) is 69.0 cm³/mol. The molecule has 8 heteroatoms. The molecule has 0 fully saturated rings. The van der Waals surface area contributed by atoms with Crippen LogP contribution in [0.25, 0.3) is 11.0 Å². The smallest absolute Gasteiger partial charge is 0.445 e. The molecule has 1 aromatic carbocycles. The molecule has 0 N–H and O–H groups in total. The number of aromatic nitrogens is 2. The zero-order valence-electron chi connectivity index (χ0n) is 11.2. The number of rotatable bonds is 3. The maximum absolute atomic E-state index is 12.6. The molecule has 0 aliphatic heterocycles. The topological polar surface area (TPSA) is 34.9 Å².